The summed E-state index contributed by atoms with van der Waals surface area (Å²) in [7, 11) is 0. The van der Waals surface area contributed by atoms with E-state index in [1.54, 1.807) is 17.5 Å². The van der Waals surface area contributed by atoms with E-state index in [0.29, 0.717) is 0 Å². The highest BCUT2D eigenvalue weighted by molar-refractivity contribution is 6.01. The third-order valence-corrected chi connectivity index (χ3v) is 6.43. The lowest BCUT2D eigenvalue weighted by atomic mass is 9.90. The first-order valence-electron chi connectivity index (χ1n) is 10.1. The monoisotopic (exact) mass is 360 g/mol. The molecule has 2 aromatic rings. The number of fused-ring (bicyclic) bond motifs is 3. The van der Waals surface area contributed by atoms with Crippen LogP contribution in [-0.2, 0) is 12.0 Å². The van der Waals surface area contributed by atoms with Crippen molar-refractivity contribution in [3.8, 4) is 0 Å². The molecule has 27 heavy (non-hydrogen) atoms. The first-order valence-corrected chi connectivity index (χ1v) is 10.1. The topological polar surface area (TPSA) is 53.6 Å². The summed E-state index contributed by atoms with van der Waals surface area (Å²) >= 11 is 0. The van der Waals surface area contributed by atoms with Crippen LogP contribution in [0.15, 0.2) is 41.8 Å². The molecule has 0 bridgehead atoms. The van der Waals surface area contributed by atoms with Gasteiger partial charge in [0.05, 0.1) is 12.2 Å². The predicted molar refractivity (Wildman–Crippen MR) is 105 cm³/mol. The number of aliphatic hydroxyl groups is 1. The number of allylic oxidation sites excluding steroid dienone is 1. The van der Waals surface area contributed by atoms with Crippen molar-refractivity contribution in [2.75, 3.05) is 19.6 Å². The Morgan fingerprint density at radius 3 is 2.85 bits per heavy atom. The average Bonchev–Trinajstić information content (AvgIpc) is 3.61. The molecule has 0 radical (unpaired) electrons. The molecule has 0 saturated heterocycles. The van der Waals surface area contributed by atoms with Crippen LogP contribution in [0, 0.1) is 0 Å². The highest BCUT2D eigenvalue weighted by Gasteiger charge is 2.44. The summed E-state index contributed by atoms with van der Waals surface area (Å²) in [6.07, 6.45) is 11.4. The highest BCUT2D eigenvalue weighted by atomic mass is 16.3. The lowest BCUT2D eigenvalue weighted by Gasteiger charge is -2.33. The van der Waals surface area contributed by atoms with E-state index >= 15 is 0 Å². The van der Waals surface area contributed by atoms with E-state index in [0.717, 1.165) is 56.3 Å². The smallest absolute Gasteiger partial charge is 0.135 e. The molecule has 138 valence electrons. The maximum Gasteiger partial charge on any atom is 0.135 e. The minimum atomic E-state index is -0.702. The Morgan fingerprint density at radius 2 is 2.04 bits per heavy atom. The molecule has 2 fully saturated rings. The first-order chi connectivity index (χ1) is 13.2. The second-order valence-corrected chi connectivity index (χ2v) is 8.35. The number of hydrogen-bond donors (Lipinski definition) is 1. The number of benzene rings is 1. The number of aliphatic imine (C=N–C) groups is 1. The van der Waals surface area contributed by atoms with Gasteiger partial charge in [-0.1, -0.05) is 18.2 Å². The molecule has 5 heteroatoms. The maximum absolute atomic E-state index is 10.3. The third-order valence-electron chi connectivity index (χ3n) is 6.43. The zero-order valence-corrected chi connectivity index (χ0v) is 15.4. The Labute approximate surface area is 159 Å². The molecule has 0 spiro atoms. The van der Waals surface area contributed by atoms with Crippen molar-refractivity contribution in [2.45, 2.75) is 43.6 Å². The Hall–Kier alpha value is -2.40. The Morgan fingerprint density at radius 1 is 1.15 bits per heavy atom. The van der Waals surface area contributed by atoms with E-state index in [4.69, 9.17) is 4.99 Å². The van der Waals surface area contributed by atoms with Crippen LogP contribution in [0.4, 0.5) is 0 Å². The normalized spacial score (nSPS) is 23.1. The summed E-state index contributed by atoms with van der Waals surface area (Å²) in [6, 6.07) is 6.82. The molecule has 5 nitrogen and oxygen atoms in total. The molecule has 3 heterocycles. The summed E-state index contributed by atoms with van der Waals surface area (Å²) in [4.78, 5) is 11.7. The van der Waals surface area contributed by atoms with Crippen molar-refractivity contribution < 1.29 is 5.11 Å². The van der Waals surface area contributed by atoms with Gasteiger partial charge in [-0.2, -0.15) is 0 Å². The van der Waals surface area contributed by atoms with Gasteiger partial charge in [-0.25, -0.2) is 4.98 Å². The molecule has 4 aliphatic rings. The van der Waals surface area contributed by atoms with Crippen LogP contribution in [0.1, 0.15) is 54.0 Å². The molecule has 1 aromatic carbocycles. The van der Waals surface area contributed by atoms with Crippen LogP contribution < -0.4 is 0 Å². The van der Waals surface area contributed by atoms with Gasteiger partial charge < -0.3 is 10.0 Å². The van der Waals surface area contributed by atoms with Crippen LogP contribution >= 0.6 is 0 Å². The molecule has 2 saturated carbocycles. The van der Waals surface area contributed by atoms with E-state index in [1.807, 2.05) is 10.8 Å². The van der Waals surface area contributed by atoms with Gasteiger partial charge in [0.15, 0.2) is 0 Å². The number of hydrogen-bond acceptors (Lipinski definition) is 4. The minimum Gasteiger partial charge on any atom is -0.383 e. The first kappa shape index (κ1) is 15.6. The van der Waals surface area contributed by atoms with E-state index < -0.39 is 5.60 Å². The SMILES string of the molecule is OC1(c2cn(C3=NCCN4CCc5c(cccc5C5CC5)C4=C3)cn2)CC1. The van der Waals surface area contributed by atoms with Crippen molar-refractivity contribution >= 4 is 11.5 Å². The van der Waals surface area contributed by atoms with Crippen molar-refractivity contribution in [1.82, 2.24) is 14.5 Å². The van der Waals surface area contributed by atoms with Crippen LogP contribution in [0.3, 0.4) is 0 Å². The molecule has 6 rings (SSSR count). The van der Waals surface area contributed by atoms with Crippen molar-refractivity contribution in [3.05, 3.63) is 59.2 Å². The molecule has 2 aliphatic carbocycles. The summed E-state index contributed by atoms with van der Waals surface area (Å²) in [5.74, 6) is 1.70. The Balaban J connectivity index is 1.42. The quantitative estimate of drug-likeness (QED) is 0.896. The third kappa shape index (κ3) is 2.56. The summed E-state index contributed by atoms with van der Waals surface area (Å²) < 4.78 is 1.97. The van der Waals surface area contributed by atoms with Crippen LogP contribution in [0.5, 0.6) is 0 Å². The second-order valence-electron chi connectivity index (χ2n) is 8.35. The molecule has 0 unspecified atom stereocenters. The lowest BCUT2D eigenvalue weighted by Crippen LogP contribution is -2.31. The number of aromatic nitrogens is 2. The Bertz CT molecular complexity index is 978. The van der Waals surface area contributed by atoms with E-state index in [1.165, 1.54) is 24.1 Å². The fourth-order valence-electron chi connectivity index (χ4n) is 4.51. The van der Waals surface area contributed by atoms with Crippen molar-refractivity contribution in [2.24, 2.45) is 4.99 Å². The van der Waals surface area contributed by atoms with Gasteiger partial charge in [0.25, 0.3) is 0 Å². The van der Waals surface area contributed by atoms with Gasteiger partial charge in [-0.05, 0) is 49.1 Å². The molecule has 1 aromatic heterocycles. The standard InChI is InChI=1S/C22H24N4O/c27-22(7-8-22)20-13-26(14-24-20)21-12-19-18-3-1-2-16(15-4-5-15)17(18)6-10-25(19)11-9-23-21/h1-3,12-15,27H,4-11H2. The number of rotatable bonds is 2. The zero-order valence-electron chi connectivity index (χ0n) is 15.4. The van der Waals surface area contributed by atoms with Gasteiger partial charge in [0.1, 0.15) is 17.8 Å². The van der Waals surface area contributed by atoms with E-state index in [-0.39, 0.29) is 0 Å². The van der Waals surface area contributed by atoms with Gasteiger partial charge in [0.2, 0.25) is 0 Å². The van der Waals surface area contributed by atoms with Gasteiger partial charge >= 0.3 is 0 Å². The molecule has 2 aliphatic heterocycles. The average molecular weight is 360 g/mol. The summed E-state index contributed by atoms with van der Waals surface area (Å²) in [5.41, 5.74) is 5.84. The van der Waals surface area contributed by atoms with Crippen LogP contribution in [0.2, 0.25) is 0 Å². The predicted octanol–water partition coefficient (Wildman–Crippen LogP) is 2.90. The summed E-state index contributed by atoms with van der Waals surface area (Å²) in [5, 5.41) is 10.3. The zero-order chi connectivity index (χ0) is 18.0. The molecule has 1 N–H and O–H groups in total. The Kier molecular flexibility index (Phi) is 3.21. The van der Waals surface area contributed by atoms with Gasteiger partial charge in [-0.3, -0.25) is 9.56 Å². The maximum atomic E-state index is 10.3. The van der Waals surface area contributed by atoms with Gasteiger partial charge in [0, 0.05) is 36.6 Å². The number of imidazole rings is 1. The van der Waals surface area contributed by atoms with Crippen molar-refractivity contribution in [3.63, 3.8) is 0 Å². The van der Waals surface area contributed by atoms with E-state index in [2.05, 4.69) is 34.2 Å². The minimum absolute atomic E-state index is 0.702. The highest BCUT2D eigenvalue weighted by Crippen LogP contribution is 2.45. The fourth-order valence-corrected chi connectivity index (χ4v) is 4.51. The number of nitrogens with zero attached hydrogens (tertiary/aromatic N) is 4. The molecule has 0 atom stereocenters. The second kappa shape index (κ2) is 5.55. The lowest BCUT2D eigenvalue weighted by molar-refractivity contribution is 0.147. The molecule has 0 amide bonds. The van der Waals surface area contributed by atoms with E-state index in [9.17, 15) is 5.11 Å². The fraction of sp³-hybridized carbons (Fsp3) is 0.455. The molecular formula is C22H24N4O. The van der Waals surface area contributed by atoms with Crippen molar-refractivity contribution in [1.29, 1.82) is 0 Å². The van der Waals surface area contributed by atoms with Crippen LogP contribution in [-0.4, -0.2) is 45.0 Å². The van der Waals surface area contributed by atoms with Crippen LogP contribution in [0.25, 0.3) is 5.70 Å². The largest absolute Gasteiger partial charge is 0.383 e. The summed E-state index contributed by atoms with van der Waals surface area (Å²) in [6.45, 7) is 2.80. The van der Waals surface area contributed by atoms with Gasteiger partial charge in [-0.15, -0.1) is 0 Å². The molecular weight excluding hydrogens is 336 g/mol.